The fourth-order valence-electron chi connectivity index (χ4n) is 1.55. The first-order chi connectivity index (χ1) is 8.65. The predicted molar refractivity (Wildman–Crippen MR) is 73.4 cm³/mol. The second-order valence-electron chi connectivity index (χ2n) is 3.84. The highest BCUT2D eigenvalue weighted by Crippen LogP contribution is 2.09. The van der Waals surface area contributed by atoms with Crippen molar-refractivity contribution < 1.29 is 0 Å². The minimum atomic E-state index is 0.375. The molecule has 2 heterocycles. The maximum Gasteiger partial charge on any atom is 0.126 e. The molecule has 2 aromatic rings. The van der Waals surface area contributed by atoms with Crippen molar-refractivity contribution in [3.05, 3.63) is 35.8 Å². The van der Waals surface area contributed by atoms with Crippen LogP contribution in [0.3, 0.4) is 0 Å². The molecule has 0 saturated heterocycles. The Morgan fingerprint density at radius 2 is 2.33 bits per heavy atom. The van der Waals surface area contributed by atoms with Gasteiger partial charge in [-0.15, -0.1) is 5.10 Å². The zero-order chi connectivity index (χ0) is 13.0. The number of anilines is 1. The van der Waals surface area contributed by atoms with Gasteiger partial charge >= 0.3 is 0 Å². The van der Waals surface area contributed by atoms with Gasteiger partial charge in [0.25, 0.3) is 0 Å². The molecule has 2 aromatic heterocycles. The van der Waals surface area contributed by atoms with E-state index < -0.39 is 0 Å². The van der Waals surface area contributed by atoms with Crippen LogP contribution in [0.15, 0.2) is 24.5 Å². The summed E-state index contributed by atoms with van der Waals surface area (Å²) in [7, 11) is 0. The minimum Gasteiger partial charge on any atom is -0.389 e. The van der Waals surface area contributed by atoms with Crippen molar-refractivity contribution >= 4 is 23.0 Å². The number of nitrogens with two attached hydrogens (primary N) is 1. The molecule has 0 aliphatic rings. The maximum atomic E-state index is 5.61. The summed E-state index contributed by atoms with van der Waals surface area (Å²) in [5, 5.41) is 10.8. The minimum absolute atomic E-state index is 0.375. The lowest BCUT2D eigenvalue weighted by atomic mass is 10.2. The van der Waals surface area contributed by atoms with E-state index in [1.807, 2.05) is 25.3 Å². The summed E-state index contributed by atoms with van der Waals surface area (Å²) in [4.78, 5) is 4.74. The molecule has 7 heteroatoms. The van der Waals surface area contributed by atoms with Crippen LogP contribution >= 0.6 is 12.2 Å². The van der Waals surface area contributed by atoms with Gasteiger partial charge in [0, 0.05) is 24.0 Å². The summed E-state index contributed by atoms with van der Waals surface area (Å²) in [6.07, 6.45) is 3.46. The van der Waals surface area contributed by atoms with Crippen LogP contribution in [-0.2, 0) is 6.54 Å². The summed E-state index contributed by atoms with van der Waals surface area (Å²) in [6, 6.07) is 3.71. The van der Waals surface area contributed by atoms with Crippen LogP contribution in [0.1, 0.15) is 11.3 Å². The third-order valence-electron chi connectivity index (χ3n) is 2.36. The second kappa shape index (κ2) is 5.54. The Bertz CT molecular complexity index is 536. The van der Waals surface area contributed by atoms with Crippen molar-refractivity contribution in [3.63, 3.8) is 0 Å². The fourth-order valence-corrected chi connectivity index (χ4v) is 1.67. The van der Waals surface area contributed by atoms with E-state index in [2.05, 4.69) is 20.6 Å². The standard InChI is InChI=1S/C11H14N6S/c1-8-6-9(11(12)18)7-10(15-8)13-2-4-17-5-3-14-16-17/h3,5-7H,2,4H2,1H3,(H2,12,18)(H,13,15). The molecule has 0 aromatic carbocycles. The summed E-state index contributed by atoms with van der Waals surface area (Å²) >= 11 is 4.96. The van der Waals surface area contributed by atoms with E-state index in [0.717, 1.165) is 23.6 Å². The summed E-state index contributed by atoms with van der Waals surface area (Å²) in [5.74, 6) is 0.762. The van der Waals surface area contributed by atoms with E-state index >= 15 is 0 Å². The largest absolute Gasteiger partial charge is 0.389 e. The molecule has 2 rings (SSSR count). The monoisotopic (exact) mass is 262 g/mol. The van der Waals surface area contributed by atoms with E-state index in [1.165, 1.54) is 0 Å². The van der Waals surface area contributed by atoms with Gasteiger partial charge in [0.05, 0.1) is 12.7 Å². The lowest BCUT2D eigenvalue weighted by Gasteiger charge is -2.08. The lowest BCUT2D eigenvalue weighted by Crippen LogP contribution is -2.14. The summed E-state index contributed by atoms with van der Waals surface area (Å²) < 4.78 is 1.75. The normalized spacial score (nSPS) is 10.3. The number of pyridine rings is 1. The maximum absolute atomic E-state index is 5.61. The van der Waals surface area contributed by atoms with E-state index in [9.17, 15) is 0 Å². The average Bonchev–Trinajstić information content (AvgIpc) is 2.81. The van der Waals surface area contributed by atoms with E-state index in [-0.39, 0.29) is 0 Å². The van der Waals surface area contributed by atoms with Crippen molar-refractivity contribution in [1.29, 1.82) is 0 Å². The Kier molecular flexibility index (Phi) is 3.83. The Morgan fingerprint density at radius 1 is 1.50 bits per heavy atom. The first-order valence-electron chi connectivity index (χ1n) is 5.51. The van der Waals surface area contributed by atoms with Gasteiger partial charge in [-0.25, -0.2) is 4.98 Å². The number of hydrogen-bond acceptors (Lipinski definition) is 5. The SMILES string of the molecule is Cc1cc(C(N)=S)cc(NCCn2ccnn2)n1. The predicted octanol–water partition coefficient (Wildman–Crippen LogP) is 0.728. The van der Waals surface area contributed by atoms with Crippen LogP contribution in [0.4, 0.5) is 5.82 Å². The van der Waals surface area contributed by atoms with Crippen LogP contribution in [0, 0.1) is 6.92 Å². The number of aromatic nitrogens is 4. The Morgan fingerprint density at radius 3 is 3.00 bits per heavy atom. The van der Waals surface area contributed by atoms with Crippen LogP contribution < -0.4 is 11.1 Å². The molecule has 0 spiro atoms. The molecule has 0 saturated carbocycles. The lowest BCUT2D eigenvalue weighted by molar-refractivity contribution is 0.608. The van der Waals surface area contributed by atoms with Gasteiger partial charge in [-0.1, -0.05) is 17.4 Å². The number of nitrogens with one attached hydrogen (secondary N) is 1. The average molecular weight is 262 g/mol. The number of hydrogen-bond donors (Lipinski definition) is 2. The van der Waals surface area contributed by atoms with Gasteiger partial charge in [-0.2, -0.15) is 0 Å². The summed E-state index contributed by atoms with van der Waals surface area (Å²) in [5.41, 5.74) is 7.31. The molecule has 0 bridgehead atoms. The molecule has 6 nitrogen and oxygen atoms in total. The number of thiocarbonyl (C=S) groups is 1. The Balaban J connectivity index is 1.98. The van der Waals surface area contributed by atoms with Crippen LogP contribution in [0.2, 0.25) is 0 Å². The fraction of sp³-hybridized carbons (Fsp3) is 0.273. The highest BCUT2D eigenvalue weighted by Gasteiger charge is 2.02. The van der Waals surface area contributed by atoms with Gasteiger partial charge in [0.15, 0.2) is 0 Å². The zero-order valence-electron chi connectivity index (χ0n) is 10.00. The van der Waals surface area contributed by atoms with Crippen molar-refractivity contribution in [2.24, 2.45) is 5.73 Å². The third kappa shape index (κ3) is 3.24. The molecule has 0 aliphatic heterocycles. The quantitative estimate of drug-likeness (QED) is 0.773. The first kappa shape index (κ1) is 12.4. The molecular formula is C11H14N6S. The second-order valence-corrected chi connectivity index (χ2v) is 4.28. The van der Waals surface area contributed by atoms with E-state index in [0.29, 0.717) is 11.5 Å². The highest BCUT2D eigenvalue weighted by atomic mass is 32.1. The highest BCUT2D eigenvalue weighted by molar-refractivity contribution is 7.80. The first-order valence-corrected chi connectivity index (χ1v) is 5.92. The zero-order valence-corrected chi connectivity index (χ0v) is 10.8. The van der Waals surface area contributed by atoms with Crippen molar-refractivity contribution in [1.82, 2.24) is 20.0 Å². The van der Waals surface area contributed by atoms with Gasteiger partial charge in [0.2, 0.25) is 0 Å². The van der Waals surface area contributed by atoms with Crippen LogP contribution in [-0.4, -0.2) is 31.5 Å². The van der Waals surface area contributed by atoms with Crippen LogP contribution in [0.25, 0.3) is 0 Å². The molecule has 18 heavy (non-hydrogen) atoms. The third-order valence-corrected chi connectivity index (χ3v) is 2.59. The van der Waals surface area contributed by atoms with E-state index in [4.69, 9.17) is 18.0 Å². The number of aryl methyl sites for hydroxylation is 1. The molecule has 94 valence electrons. The molecule has 0 unspecified atom stereocenters. The smallest absolute Gasteiger partial charge is 0.126 e. The van der Waals surface area contributed by atoms with Gasteiger partial charge in [0.1, 0.15) is 10.8 Å². The topological polar surface area (TPSA) is 81.6 Å². The number of nitrogens with zero attached hydrogens (tertiary/aromatic N) is 4. The molecule has 0 amide bonds. The van der Waals surface area contributed by atoms with Crippen molar-refractivity contribution in [3.8, 4) is 0 Å². The van der Waals surface area contributed by atoms with Gasteiger partial charge in [-0.05, 0) is 19.1 Å². The van der Waals surface area contributed by atoms with Gasteiger partial charge < -0.3 is 11.1 Å². The molecule has 0 atom stereocenters. The van der Waals surface area contributed by atoms with Crippen molar-refractivity contribution in [2.45, 2.75) is 13.5 Å². The molecule has 3 N–H and O–H groups in total. The van der Waals surface area contributed by atoms with E-state index in [1.54, 1.807) is 10.9 Å². The van der Waals surface area contributed by atoms with Gasteiger partial charge in [-0.3, -0.25) is 4.68 Å². The number of rotatable bonds is 5. The Labute approximate surface area is 110 Å². The van der Waals surface area contributed by atoms with Crippen molar-refractivity contribution in [2.75, 3.05) is 11.9 Å². The molecular weight excluding hydrogens is 248 g/mol. The molecule has 0 fully saturated rings. The Hall–Kier alpha value is -2.02. The van der Waals surface area contributed by atoms with Crippen LogP contribution in [0.5, 0.6) is 0 Å². The molecule has 0 radical (unpaired) electrons. The molecule has 0 aliphatic carbocycles. The summed E-state index contributed by atoms with van der Waals surface area (Å²) in [6.45, 7) is 3.33.